The van der Waals surface area contributed by atoms with Gasteiger partial charge in [0.15, 0.2) is 10.9 Å². The van der Waals surface area contributed by atoms with E-state index in [0.717, 1.165) is 54.3 Å². The Morgan fingerprint density at radius 2 is 2.00 bits per heavy atom. The number of hydrogen-bond donors (Lipinski definition) is 0. The largest absolute Gasteiger partial charge is 0.494 e. The van der Waals surface area contributed by atoms with Crippen LogP contribution < -0.4 is 15.0 Å². The SMILES string of the molecule is COc1cnc(OC2CCN(C(=O)CC3CSc4nc5c(c(=O)n43)CCC5)CC2)nc1. The molecular formula is C21H25N5O4S. The fourth-order valence-corrected chi connectivity index (χ4v) is 5.63. The van der Waals surface area contributed by atoms with Crippen molar-refractivity contribution >= 4 is 17.7 Å². The second-order valence-corrected chi connectivity index (χ2v) is 9.11. The lowest BCUT2D eigenvalue weighted by Crippen LogP contribution is -2.43. The predicted molar refractivity (Wildman–Crippen MR) is 114 cm³/mol. The van der Waals surface area contributed by atoms with Gasteiger partial charge in [0.05, 0.1) is 31.2 Å². The van der Waals surface area contributed by atoms with Crippen LogP contribution in [-0.4, -0.2) is 62.4 Å². The Hall–Kier alpha value is -2.62. The third kappa shape index (κ3) is 4.00. The summed E-state index contributed by atoms with van der Waals surface area (Å²) in [5.74, 6) is 1.40. The fraction of sp³-hybridized carbons (Fsp3) is 0.571. The van der Waals surface area contributed by atoms with E-state index >= 15 is 0 Å². The van der Waals surface area contributed by atoms with Crippen molar-refractivity contribution in [2.75, 3.05) is 26.0 Å². The lowest BCUT2D eigenvalue weighted by molar-refractivity contribution is -0.133. The number of carbonyl (C=O) groups excluding carboxylic acids is 1. The molecule has 4 heterocycles. The van der Waals surface area contributed by atoms with Crippen molar-refractivity contribution in [3.8, 4) is 11.8 Å². The van der Waals surface area contributed by atoms with Gasteiger partial charge < -0.3 is 14.4 Å². The summed E-state index contributed by atoms with van der Waals surface area (Å²) < 4.78 is 12.7. The average Bonchev–Trinajstić information content (AvgIpc) is 3.42. The number of aromatic nitrogens is 4. The Labute approximate surface area is 184 Å². The first-order valence-electron chi connectivity index (χ1n) is 10.7. The van der Waals surface area contributed by atoms with Gasteiger partial charge in [0.25, 0.3) is 5.56 Å². The number of carbonyl (C=O) groups is 1. The second kappa shape index (κ2) is 8.49. The van der Waals surface area contributed by atoms with Gasteiger partial charge in [-0.05, 0) is 19.3 Å². The van der Waals surface area contributed by atoms with Crippen LogP contribution >= 0.6 is 11.8 Å². The van der Waals surface area contributed by atoms with E-state index in [2.05, 4.69) is 9.97 Å². The number of thioether (sulfide) groups is 1. The van der Waals surface area contributed by atoms with Crippen LogP contribution in [0.1, 0.15) is 43.0 Å². The van der Waals surface area contributed by atoms with Gasteiger partial charge in [0.1, 0.15) is 6.10 Å². The van der Waals surface area contributed by atoms with Crippen LogP contribution in [-0.2, 0) is 17.6 Å². The minimum Gasteiger partial charge on any atom is -0.494 e. The first kappa shape index (κ1) is 20.3. The minimum absolute atomic E-state index is 0.0189. The normalized spacial score (nSPS) is 20.4. The van der Waals surface area contributed by atoms with Gasteiger partial charge in [-0.1, -0.05) is 11.8 Å². The number of likely N-dealkylation sites (tertiary alicyclic amines) is 1. The van der Waals surface area contributed by atoms with Gasteiger partial charge in [-0.3, -0.25) is 14.2 Å². The zero-order chi connectivity index (χ0) is 21.4. The molecule has 2 aromatic heterocycles. The highest BCUT2D eigenvalue weighted by Gasteiger charge is 2.33. The van der Waals surface area contributed by atoms with E-state index in [1.165, 1.54) is 0 Å². The molecule has 0 aromatic carbocycles. The highest BCUT2D eigenvalue weighted by molar-refractivity contribution is 7.99. The summed E-state index contributed by atoms with van der Waals surface area (Å²) in [7, 11) is 1.56. The number of piperidine rings is 1. The van der Waals surface area contributed by atoms with Crippen LogP contribution in [0.4, 0.5) is 0 Å². The van der Waals surface area contributed by atoms with Gasteiger partial charge in [-0.2, -0.15) is 9.97 Å². The number of fused-ring (bicyclic) bond motifs is 2. The maximum absolute atomic E-state index is 12.9. The third-order valence-corrected chi connectivity index (χ3v) is 7.29. The molecule has 5 rings (SSSR count). The zero-order valence-electron chi connectivity index (χ0n) is 17.5. The highest BCUT2D eigenvalue weighted by Crippen LogP contribution is 2.34. The van der Waals surface area contributed by atoms with Crippen molar-refractivity contribution in [3.63, 3.8) is 0 Å². The molecule has 0 saturated carbocycles. The molecular weight excluding hydrogens is 418 g/mol. The lowest BCUT2D eigenvalue weighted by Gasteiger charge is -2.32. The number of methoxy groups -OCH3 is 1. The van der Waals surface area contributed by atoms with Crippen molar-refractivity contribution in [3.05, 3.63) is 34.0 Å². The maximum Gasteiger partial charge on any atom is 0.316 e. The molecule has 0 radical (unpaired) electrons. The van der Waals surface area contributed by atoms with E-state index in [1.54, 1.807) is 35.8 Å². The minimum atomic E-state index is -0.111. The van der Waals surface area contributed by atoms with Crippen LogP contribution in [0.3, 0.4) is 0 Å². The molecule has 0 N–H and O–H groups in total. The fourth-order valence-electron chi connectivity index (χ4n) is 4.48. The van der Waals surface area contributed by atoms with E-state index in [-0.39, 0.29) is 23.6 Å². The van der Waals surface area contributed by atoms with Crippen LogP contribution in [0.2, 0.25) is 0 Å². The molecule has 0 spiro atoms. The summed E-state index contributed by atoms with van der Waals surface area (Å²) in [5.41, 5.74) is 1.87. The Morgan fingerprint density at radius 1 is 1.23 bits per heavy atom. The number of ether oxygens (including phenoxy) is 2. The van der Waals surface area contributed by atoms with Crippen molar-refractivity contribution in [2.45, 2.75) is 55.8 Å². The number of rotatable bonds is 5. The molecule has 0 bridgehead atoms. The Kier molecular flexibility index (Phi) is 5.56. The standard InChI is InChI=1S/C21H25N5O4S/c1-29-15-10-22-20(23-11-15)30-14-5-7-25(8-6-14)18(27)9-13-12-31-21-24-17-4-2-3-16(17)19(28)26(13)21/h10-11,13-14H,2-9,12H2,1H3. The van der Waals surface area contributed by atoms with Crippen molar-refractivity contribution in [1.29, 1.82) is 0 Å². The molecule has 3 aliphatic rings. The molecule has 1 amide bonds. The maximum atomic E-state index is 12.9. The predicted octanol–water partition coefficient (Wildman–Crippen LogP) is 1.64. The first-order valence-corrected chi connectivity index (χ1v) is 11.7. The Morgan fingerprint density at radius 3 is 2.74 bits per heavy atom. The zero-order valence-corrected chi connectivity index (χ0v) is 18.3. The third-order valence-electron chi connectivity index (χ3n) is 6.19. The summed E-state index contributed by atoms with van der Waals surface area (Å²) in [4.78, 5) is 40.7. The molecule has 164 valence electrons. The molecule has 2 aromatic rings. The first-order chi connectivity index (χ1) is 15.1. The molecule has 2 aliphatic heterocycles. The van der Waals surface area contributed by atoms with Crippen LogP contribution in [0.25, 0.3) is 0 Å². The summed E-state index contributed by atoms with van der Waals surface area (Å²) in [6.45, 7) is 1.26. The van der Waals surface area contributed by atoms with Crippen LogP contribution in [0, 0.1) is 0 Å². The number of aryl methyl sites for hydroxylation is 1. The molecule has 31 heavy (non-hydrogen) atoms. The molecule has 9 nitrogen and oxygen atoms in total. The number of hydrogen-bond acceptors (Lipinski definition) is 8. The Bertz CT molecular complexity index is 1030. The summed E-state index contributed by atoms with van der Waals surface area (Å²) in [6.07, 6.45) is 7.61. The molecule has 1 fully saturated rings. The summed E-state index contributed by atoms with van der Waals surface area (Å²) >= 11 is 1.59. The van der Waals surface area contributed by atoms with E-state index in [4.69, 9.17) is 14.5 Å². The van der Waals surface area contributed by atoms with Crippen molar-refractivity contribution < 1.29 is 14.3 Å². The molecule has 10 heteroatoms. The van der Waals surface area contributed by atoms with Gasteiger partial charge in [-0.25, -0.2) is 4.98 Å². The van der Waals surface area contributed by atoms with E-state index in [1.807, 2.05) is 4.90 Å². The van der Waals surface area contributed by atoms with Gasteiger partial charge in [0, 0.05) is 43.7 Å². The van der Waals surface area contributed by atoms with Crippen LogP contribution in [0.5, 0.6) is 11.8 Å². The second-order valence-electron chi connectivity index (χ2n) is 8.12. The van der Waals surface area contributed by atoms with Crippen molar-refractivity contribution in [2.24, 2.45) is 0 Å². The lowest BCUT2D eigenvalue weighted by atomic mass is 10.1. The quantitative estimate of drug-likeness (QED) is 0.643. The molecule has 1 unspecified atom stereocenters. The van der Waals surface area contributed by atoms with Gasteiger partial charge in [0.2, 0.25) is 5.91 Å². The van der Waals surface area contributed by atoms with Gasteiger partial charge in [-0.15, -0.1) is 0 Å². The monoisotopic (exact) mass is 443 g/mol. The Balaban J connectivity index is 1.17. The van der Waals surface area contributed by atoms with Gasteiger partial charge >= 0.3 is 6.01 Å². The number of nitrogens with zero attached hydrogens (tertiary/aromatic N) is 5. The smallest absolute Gasteiger partial charge is 0.316 e. The van der Waals surface area contributed by atoms with Crippen LogP contribution in [0.15, 0.2) is 22.3 Å². The number of amides is 1. The van der Waals surface area contributed by atoms with E-state index in [0.29, 0.717) is 31.3 Å². The van der Waals surface area contributed by atoms with E-state index in [9.17, 15) is 9.59 Å². The summed E-state index contributed by atoms with van der Waals surface area (Å²) in [6, 6.07) is 0.213. The molecule has 1 aliphatic carbocycles. The molecule has 1 saturated heterocycles. The topological polar surface area (TPSA) is 99.4 Å². The summed E-state index contributed by atoms with van der Waals surface area (Å²) in [5, 5.41) is 0.773. The molecule has 1 atom stereocenters. The van der Waals surface area contributed by atoms with Crippen molar-refractivity contribution in [1.82, 2.24) is 24.4 Å². The highest BCUT2D eigenvalue weighted by atomic mass is 32.2. The van der Waals surface area contributed by atoms with E-state index < -0.39 is 0 Å². The average molecular weight is 444 g/mol.